The van der Waals surface area contributed by atoms with Crippen LogP contribution >= 0.6 is 0 Å². The van der Waals surface area contributed by atoms with Crippen molar-refractivity contribution in [3.63, 3.8) is 0 Å². The average Bonchev–Trinajstić information content (AvgIpc) is 2.07. The summed E-state index contributed by atoms with van der Waals surface area (Å²) >= 11 is 0. The first-order valence-corrected chi connectivity index (χ1v) is 4.31. The molecule has 3 heteroatoms. The molecule has 1 rings (SSSR count). The van der Waals surface area contributed by atoms with Crippen LogP contribution in [0.25, 0.3) is 0 Å². The topological polar surface area (TPSA) is 33.0 Å². The molecule has 0 aliphatic rings. The monoisotopic (exact) mass is 173 g/mol. The van der Waals surface area contributed by atoms with E-state index < -0.39 is 0 Å². The van der Waals surface area contributed by atoms with Gasteiger partial charge < -0.3 is 4.74 Å². The van der Waals surface area contributed by atoms with Gasteiger partial charge in [0.1, 0.15) is 13.6 Å². The van der Waals surface area contributed by atoms with Gasteiger partial charge >= 0.3 is 0 Å². The Bertz CT molecular complexity index is 341. The Balaban J connectivity index is 2.95. The summed E-state index contributed by atoms with van der Waals surface area (Å²) in [6, 6.07) is 7.69. The van der Waals surface area contributed by atoms with Gasteiger partial charge in [0, 0.05) is 5.56 Å². The minimum absolute atomic E-state index is 0.147. The fraction of sp³-hybridized carbons (Fsp3) is 0.300. The highest BCUT2D eigenvalue weighted by molar-refractivity contribution is 6.33. The number of nitrogens with zero attached hydrogens (tertiary/aromatic N) is 1. The smallest absolute Gasteiger partial charge is 0.141 e. The summed E-state index contributed by atoms with van der Waals surface area (Å²) in [6.45, 7) is 3.93. The molecule has 0 aliphatic carbocycles. The SMILES string of the molecule is Bc1ccc(OC(C)C)cc1C#N. The number of ether oxygens (including phenoxy) is 1. The van der Waals surface area contributed by atoms with E-state index in [4.69, 9.17) is 10.00 Å². The lowest BCUT2D eigenvalue weighted by molar-refractivity contribution is 0.242. The Kier molecular flexibility index (Phi) is 2.97. The molecule has 66 valence electrons. The van der Waals surface area contributed by atoms with E-state index in [9.17, 15) is 0 Å². The van der Waals surface area contributed by atoms with Crippen LogP contribution in [-0.2, 0) is 0 Å². The van der Waals surface area contributed by atoms with E-state index in [1.807, 2.05) is 33.8 Å². The van der Waals surface area contributed by atoms with Crippen molar-refractivity contribution >= 4 is 13.3 Å². The molecule has 0 saturated heterocycles. The molecule has 0 aliphatic heterocycles. The molecule has 0 heterocycles. The highest BCUT2D eigenvalue weighted by Gasteiger charge is 2.01. The number of rotatable bonds is 2. The number of nitriles is 1. The third kappa shape index (κ3) is 2.52. The van der Waals surface area contributed by atoms with Crippen LogP contribution in [-0.4, -0.2) is 14.0 Å². The van der Waals surface area contributed by atoms with E-state index in [1.165, 1.54) is 0 Å². The largest absolute Gasteiger partial charge is 0.491 e. The Morgan fingerprint density at radius 2 is 2.15 bits per heavy atom. The van der Waals surface area contributed by atoms with Gasteiger partial charge in [0.25, 0.3) is 0 Å². The van der Waals surface area contributed by atoms with E-state index in [2.05, 4.69) is 6.07 Å². The van der Waals surface area contributed by atoms with Crippen molar-refractivity contribution in [1.29, 1.82) is 5.26 Å². The van der Waals surface area contributed by atoms with Crippen molar-refractivity contribution < 1.29 is 4.74 Å². The van der Waals surface area contributed by atoms with Crippen LogP contribution in [0.4, 0.5) is 0 Å². The standard InChI is InChI=1S/C10H12BNO/c1-7(2)13-9-3-4-10(11)8(5-9)6-12/h3-5,7H,11H2,1-2H3. The normalized spacial score (nSPS) is 9.69. The highest BCUT2D eigenvalue weighted by Crippen LogP contribution is 2.12. The lowest BCUT2D eigenvalue weighted by atomic mass is 9.91. The van der Waals surface area contributed by atoms with Crippen LogP contribution in [0.3, 0.4) is 0 Å². The maximum Gasteiger partial charge on any atom is 0.141 e. The van der Waals surface area contributed by atoms with Gasteiger partial charge in [-0.2, -0.15) is 5.26 Å². The second kappa shape index (κ2) is 4.00. The quantitative estimate of drug-likeness (QED) is 0.613. The summed E-state index contributed by atoms with van der Waals surface area (Å²) in [5.74, 6) is 0.761. The second-order valence-electron chi connectivity index (χ2n) is 3.26. The molecular formula is C10H12BNO. The Hall–Kier alpha value is -1.43. The zero-order valence-electron chi connectivity index (χ0n) is 8.16. The molecule has 0 fully saturated rings. The van der Waals surface area contributed by atoms with Crippen molar-refractivity contribution in [1.82, 2.24) is 0 Å². The predicted molar refractivity (Wildman–Crippen MR) is 55.1 cm³/mol. The number of hydrogen-bond donors (Lipinski definition) is 0. The molecule has 0 spiro atoms. The average molecular weight is 173 g/mol. The van der Waals surface area contributed by atoms with Gasteiger partial charge in [0.05, 0.1) is 12.2 Å². The fourth-order valence-corrected chi connectivity index (χ4v) is 1.07. The van der Waals surface area contributed by atoms with Crippen LogP contribution in [0.1, 0.15) is 19.4 Å². The maximum absolute atomic E-state index is 8.77. The zero-order valence-corrected chi connectivity index (χ0v) is 8.16. The lowest BCUT2D eigenvalue weighted by Crippen LogP contribution is -2.10. The van der Waals surface area contributed by atoms with Gasteiger partial charge in [-0.25, -0.2) is 0 Å². The van der Waals surface area contributed by atoms with Crippen LogP contribution in [0.15, 0.2) is 18.2 Å². The maximum atomic E-state index is 8.77. The molecule has 13 heavy (non-hydrogen) atoms. The molecule has 1 aromatic rings. The summed E-state index contributed by atoms with van der Waals surface area (Å²) in [7, 11) is 1.91. The van der Waals surface area contributed by atoms with Crippen molar-refractivity contribution in [3.05, 3.63) is 23.8 Å². The summed E-state index contributed by atoms with van der Waals surface area (Å²) in [5, 5.41) is 8.77. The minimum Gasteiger partial charge on any atom is -0.491 e. The molecule has 0 aromatic heterocycles. The molecule has 0 amide bonds. The molecule has 0 N–H and O–H groups in total. The van der Waals surface area contributed by atoms with E-state index in [0.717, 1.165) is 11.2 Å². The minimum atomic E-state index is 0.147. The third-order valence-corrected chi connectivity index (χ3v) is 1.70. The van der Waals surface area contributed by atoms with Gasteiger partial charge in [-0.15, -0.1) is 0 Å². The van der Waals surface area contributed by atoms with Gasteiger partial charge in [0.15, 0.2) is 0 Å². The number of benzene rings is 1. The molecule has 1 aromatic carbocycles. The summed E-state index contributed by atoms with van der Waals surface area (Å²) < 4.78 is 5.46. The predicted octanol–water partition coefficient (Wildman–Crippen LogP) is 0.604. The first kappa shape index (κ1) is 9.66. The van der Waals surface area contributed by atoms with Crippen molar-refractivity contribution in [2.45, 2.75) is 20.0 Å². The van der Waals surface area contributed by atoms with Gasteiger partial charge in [-0.1, -0.05) is 11.5 Å². The second-order valence-corrected chi connectivity index (χ2v) is 3.26. The van der Waals surface area contributed by atoms with Crippen molar-refractivity contribution in [2.75, 3.05) is 0 Å². The van der Waals surface area contributed by atoms with E-state index in [-0.39, 0.29) is 6.10 Å². The third-order valence-electron chi connectivity index (χ3n) is 1.70. The van der Waals surface area contributed by atoms with Crippen molar-refractivity contribution in [2.24, 2.45) is 0 Å². The first-order valence-electron chi connectivity index (χ1n) is 4.31. The Morgan fingerprint density at radius 3 is 2.69 bits per heavy atom. The molecule has 0 saturated carbocycles. The van der Waals surface area contributed by atoms with E-state index in [1.54, 1.807) is 6.07 Å². The molecule has 0 radical (unpaired) electrons. The van der Waals surface area contributed by atoms with E-state index >= 15 is 0 Å². The molecule has 0 bridgehead atoms. The Morgan fingerprint density at radius 1 is 1.46 bits per heavy atom. The van der Waals surface area contributed by atoms with Crippen LogP contribution in [0, 0.1) is 11.3 Å². The molecule has 0 unspecified atom stereocenters. The van der Waals surface area contributed by atoms with Crippen LogP contribution in [0.2, 0.25) is 0 Å². The fourth-order valence-electron chi connectivity index (χ4n) is 1.07. The number of hydrogen-bond acceptors (Lipinski definition) is 2. The summed E-state index contributed by atoms with van der Waals surface area (Å²) in [5.41, 5.74) is 1.66. The molecule has 0 atom stereocenters. The highest BCUT2D eigenvalue weighted by atomic mass is 16.5. The summed E-state index contributed by atoms with van der Waals surface area (Å²) in [6.07, 6.45) is 0.147. The van der Waals surface area contributed by atoms with Gasteiger partial charge in [0.2, 0.25) is 0 Å². The van der Waals surface area contributed by atoms with Crippen molar-refractivity contribution in [3.8, 4) is 11.8 Å². The van der Waals surface area contributed by atoms with Crippen LogP contribution < -0.4 is 10.2 Å². The molecular weight excluding hydrogens is 161 g/mol. The molecule has 2 nitrogen and oxygen atoms in total. The van der Waals surface area contributed by atoms with Gasteiger partial charge in [-0.3, -0.25) is 0 Å². The summed E-state index contributed by atoms with van der Waals surface area (Å²) in [4.78, 5) is 0. The first-order chi connectivity index (χ1) is 6.13. The van der Waals surface area contributed by atoms with Crippen LogP contribution in [0.5, 0.6) is 5.75 Å². The van der Waals surface area contributed by atoms with E-state index in [0.29, 0.717) is 5.56 Å². The lowest BCUT2D eigenvalue weighted by Gasteiger charge is -2.10. The van der Waals surface area contributed by atoms with Gasteiger partial charge in [-0.05, 0) is 26.0 Å². The zero-order chi connectivity index (χ0) is 9.84. The Labute approximate surface area is 79.5 Å².